The molecule has 0 spiro atoms. The Morgan fingerprint density at radius 2 is 1.93 bits per heavy atom. The molecule has 4 nitrogen and oxygen atoms in total. The van der Waals surface area contributed by atoms with E-state index in [1.165, 1.54) is 11.9 Å². The summed E-state index contributed by atoms with van der Waals surface area (Å²) in [5.74, 6) is -1.05. The molecule has 0 aromatic heterocycles. The summed E-state index contributed by atoms with van der Waals surface area (Å²) in [6.07, 6.45) is 3.39. The fraction of sp³-hybridized carbons (Fsp3) is 0.778. The zero-order valence-corrected chi connectivity index (χ0v) is 11.2. The molecule has 0 rings (SSSR count). The van der Waals surface area contributed by atoms with E-state index >= 15 is 0 Å². The number of carbonyl (C=O) groups is 2. The van der Waals surface area contributed by atoms with Crippen molar-refractivity contribution in [1.29, 1.82) is 0 Å². The Balaban J connectivity index is -0.000000720. The maximum absolute atomic E-state index is 11.2. The number of carboxylic acids is 1. The van der Waals surface area contributed by atoms with Crippen LogP contribution in [0.3, 0.4) is 0 Å². The molecule has 0 radical (unpaired) electrons. The Morgan fingerprint density at radius 1 is 1.36 bits per heavy atom. The molecule has 0 aliphatic rings. The molecule has 0 fully saturated rings. The van der Waals surface area contributed by atoms with Gasteiger partial charge in [-0.2, -0.15) is 0 Å². The quantitative estimate of drug-likeness (QED) is 0.418. The molecular formula is C9H18NNaO3. The summed E-state index contributed by atoms with van der Waals surface area (Å²) in [7, 11) is 1.52. The molecule has 0 saturated heterocycles. The van der Waals surface area contributed by atoms with Crippen molar-refractivity contribution in [2.75, 3.05) is 13.6 Å². The van der Waals surface area contributed by atoms with E-state index in [1.54, 1.807) is 0 Å². The third kappa shape index (κ3) is 8.53. The van der Waals surface area contributed by atoms with Crippen LogP contribution in [0.15, 0.2) is 0 Å². The van der Waals surface area contributed by atoms with Crippen molar-refractivity contribution >= 4 is 11.9 Å². The number of hydrogen-bond acceptors (Lipinski definition) is 2. The maximum Gasteiger partial charge on any atom is 1.00 e. The summed E-state index contributed by atoms with van der Waals surface area (Å²) in [5.41, 5.74) is 0. The third-order valence-corrected chi connectivity index (χ3v) is 1.79. The van der Waals surface area contributed by atoms with Crippen LogP contribution < -0.4 is 29.6 Å². The van der Waals surface area contributed by atoms with Crippen LogP contribution in [0.5, 0.6) is 0 Å². The van der Waals surface area contributed by atoms with Gasteiger partial charge in [0.05, 0.1) is 0 Å². The van der Waals surface area contributed by atoms with Gasteiger partial charge in [0, 0.05) is 13.5 Å². The molecule has 0 aliphatic heterocycles. The number of rotatable bonds is 6. The van der Waals surface area contributed by atoms with Crippen LogP contribution in [-0.2, 0) is 9.59 Å². The Bertz CT molecular complexity index is 190. The smallest absolute Gasteiger partial charge is 1.00 e. The fourth-order valence-electron chi connectivity index (χ4n) is 1.01. The number of carboxylic acid groups (broad SMARTS) is 1. The number of aliphatic carboxylic acids is 1. The number of unbranched alkanes of at least 4 members (excludes halogenated alkanes) is 2. The molecule has 14 heavy (non-hydrogen) atoms. The van der Waals surface area contributed by atoms with Crippen LogP contribution >= 0.6 is 0 Å². The molecule has 1 N–H and O–H groups in total. The molecule has 5 heteroatoms. The van der Waals surface area contributed by atoms with E-state index in [1.807, 2.05) is 0 Å². The van der Waals surface area contributed by atoms with E-state index in [9.17, 15) is 9.59 Å². The maximum atomic E-state index is 11.2. The molecule has 0 aromatic rings. The van der Waals surface area contributed by atoms with E-state index in [0.29, 0.717) is 6.42 Å². The molecule has 0 bridgehead atoms. The normalized spacial score (nSPS) is 9.00. The van der Waals surface area contributed by atoms with Crippen LogP contribution in [0.2, 0.25) is 0 Å². The summed E-state index contributed by atoms with van der Waals surface area (Å²) in [6, 6.07) is 0. The largest absolute Gasteiger partial charge is 1.00 e. The third-order valence-electron chi connectivity index (χ3n) is 1.79. The summed E-state index contributed by atoms with van der Waals surface area (Å²) < 4.78 is 0. The fourth-order valence-corrected chi connectivity index (χ4v) is 1.01. The second-order valence-corrected chi connectivity index (χ2v) is 3.10. The first-order chi connectivity index (χ1) is 6.07. The first-order valence-electron chi connectivity index (χ1n) is 4.53. The van der Waals surface area contributed by atoms with Gasteiger partial charge < -0.3 is 11.4 Å². The molecule has 0 atom stereocenters. The van der Waals surface area contributed by atoms with Crippen molar-refractivity contribution in [2.24, 2.45) is 0 Å². The zero-order valence-electron chi connectivity index (χ0n) is 10.2. The van der Waals surface area contributed by atoms with Gasteiger partial charge in [-0.25, -0.2) is 0 Å². The van der Waals surface area contributed by atoms with Gasteiger partial charge in [-0.15, -0.1) is 0 Å². The van der Waals surface area contributed by atoms with E-state index in [0.717, 1.165) is 19.3 Å². The Labute approximate surface area is 108 Å². The van der Waals surface area contributed by atoms with E-state index in [4.69, 9.17) is 5.11 Å². The van der Waals surface area contributed by atoms with Gasteiger partial charge in [0.1, 0.15) is 6.54 Å². The summed E-state index contributed by atoms with van der Waals surface area (Å²) >= 11 is 0. The molecule has 0 unspecified atom stereocenters. The SMILES string of the molecule is CCCCCC(=O)N(C)CC(=O)O.[H-].[Na+]. The van der Waals surface area contributed by atoms with E-state index < -0.39 is 5.97 Å². The molecular weight excluding hydrogens is 193 g/mol. The Hall–Kier alpha value is -0.0600. The number of hydrogen-bond donors (Lipinski definition) is 1. The number of amides is 1. The first-order valence-corrected chi connectivity index (χ1v) is 4.53. The minimum absolute atomic E-state index is 0. The van der Waals surface area contributed by atoms with Crippen molar-refractivity contribution in [1.82, 2.24) is 4.90 Å². The van der Waals surface area contributed by atoms with Gasteiger partial charge in [0.25, 0.3) is 0 Å². The standard InChI is InChI=1S/C9H17NO3.Na.H/c1-3-4-5-6-8(11)10(2)7-9(12)13;;/h3-7H2,1-2H3,(H,12,13);;/q;+1;-1. The van der Waals surface area contributed by atoms with Crippen molar-refractivity contribution in [3.8, 4) is 0 Å². The molecule has 0 aliphatic carbocycles. The molecule has 1 amide bonds. The molecule has 0 saturated carbocycles. The average Bonchev–Trinajstić information content (AvgIpc) is 2.03. The topological polar surface area (TPSA) is 57.6 Å². The van der Waals surface area contributed by atoms with Gasteiger partial charge in [0.15, 0.2) is 0 Å². The summed E-state index contributed by atoms with van der Waals surface area (Å²) in [5, 5.41) is 8.41. The van der Waals surface area contributed by atoms with Crippen LogP contribution in [-0.4, -0.2) is 35.5 Å². The van der Waals surface area contributed by atoms with Crippen LogP contribution in [0.1, 0.15) is 34.0 Å². The van der Waals surface area contributed by atoms with Gasteiger partial charge in [-0.1, -0.05) is 19.8 Å². The van der Waals surface area contributed by atoms with Crippen molar-refractivity contribution < 1.29 is 45.7 Å². The summed E-state index contributed by atoms with van der Waals surface area (Å²) in [4.78, 5) is 22.7. The first kappa shape index (κ1) is 16.4. The minimum atomic E-state index is -0.966. The molecule has 78 valence electrons. The van der Waals surface area contributed by atoms with Crippen molar-refractivity contribution in [2.45, 2.75) is 32.6 Å². The Kier molecular flexibility index (Phi) is 11.1. The zero-order chi connectivity index (χ0) is 10.3. The second kappa shape index (κ2) is 9.49. The van der Waals surface area contributed by atoms with E-state index in [-0.39, 0.29) is 43.4 Å². The van der Waals surface area contributed by atoms with Crippen LogP contribution in [0.25, 0.3) is 0 Å². The van der Waals surface area contributed by atoms with Gasteiger partial charge in [-0.3, -0.25) is 9.59 Å². The van der Waals surface area contributed by atoms with E-state index in [2.05, 4.69) is 6.92 Å². The monoisotopic (exact) mass is 211 g/mol. The van der Waals surface area contributed by atoms with Gasteiger partial charge in [0.2, 0.25) is 5.91 Å². The number of likely N-dealkylation sites (N-methyl/N-ethyl adjacent to an activating group) is 1. The van der Waals surface area contributed by atoms with Crippen molar-refractivity contribution in [3.63, 3.8) is 0 Å². The second-order valence-electron chi connectivity index (χ2n) is 3.10. The number of carbonyl (C=O) groups excluding carboxylic acids is 1. The van der Waals surface area contributed by atoms with Crippen molar-refractivity contribution in [3.05, 3.63) is 0 Å². The number of nitrogens with zero attached hydrogens (tertiary/aromatic N) is 1. The predicted molar refractivity (Wildman–Crippen MR) is 50.5 cm³/mol. The van der Waals surface area contributed by atoms with Gasteiger partial charge in [-0.05, 0) is 6.42 Å². The van der Waals surface area contributed by atoms with Crippen LogP contribution in [0, 0.1) is 0 Å². The predicted octanol–water partition coefficient (Wildman–Crippen LogP) is -1.77. The van der Waals surface area contributed by atoms with Crippen LogP contribution in [0.4, 0.5) is 0 Å². The Morgan fingerprint density at radius 3 is 2.36 bits per heavy atom. The minimum Gasteiger partial charge on any atom is -1.00 e. The average molecular weight is 211 g/mol. The summed E-state index contributed by atoms with van der Waals surface area (Å²) in [6.45, 7) is 1.86. The van der Waals surface area contributed by atoms with Gasteiger partial charge >= 0.3 is 35.5 Å². The molecule has 0 aromatic carbocycles. The molecule has 0 heterocycles.